The van der Waals surface area contributed by atoms with Crippen molar-refractivity contribution in [2.75, 3.05) is 6.54 Å². The van der Waals surface area contributed by atoms with Crippen LogP contribution in [0.5, 0.6) is 0 Å². The number of hydrogen-bond donors (Lipinski definition) is 1. The van der Waals surface area contributed by atoms with E-state index in [1.807, 2.05) is 0 Å². The number of esters is 1. The number of thiophene rings is 1. The lowest BCUT2D eigenvalue weighted by atomic mass is 10.2. The molecular formula is C14H11N3O6S2. The number of nitrogens with zero attached hydrogens (tertiary/aromatic N) is 2. The Kier molecular flexibility index (Phi) is 4.51. The number of hydrogen-bond acceptors (Lipinski definition) is 8. The summed E-state index contributed by atoms with van der Waals surface area (Å²) in [6.45, 7) is -0.491. The summed E-state index contributed by atoms with van der Waals surface area (Å²) in [5, 5.41) is 12.1. The van der Waals surface area contributed by atoms with Gasteiger partial charge in [-0.3, -0.25) is 24.6 Å². The molecule has 1 aromatic heterocycles. The number of nitrogens with one attached hydrogen (secondary N) is 1. The number of carbonyl (C=O) groups is 1. The number of ether oxygens (including phenoxy) is 1. The molecule has 1 aliphatic heterocycles. The summed E-state index contributed by atoms with van der Waals surface area (Å²) in [4.78, 5) is 25.9. The van der Waals surface area contributed by atoms with Crippen molar-refractivity contribution in [3.63, 3.8) is 0 Å². The number of aliphatic imine (C=N–C) groups is 1. The molecule has 0 bridgehead atoms. The quantitative estimate of drug-likeness (QED) is 0.474. The molecule has 11 heteroatoms. The molecule has 0 fully saturated rings. The normalized spacial score (nSPS) is 16.2. The first kappa shape index (κ1) is 17.0. The minimum atomic E-state index is -3.66. The molecule has 0 spiro atoms. The Morgan fingerprint density at radius 1 is 1.36 bits per heavy atom. The maximum absolute atomic E-state index is 11.9. The zero-order chi connectivity index (χ0) is 18.0. The van der Waals surface area contributed by atoms with Crippen molar-refractivity contribution in [2.45, 2.75) is 11.5 Å². The fourth-order valence-corrected chi connectivity index (χ4v) is 4.10. The molecule has 0 amide bonds. The average molecular weight is 381 g/mol. The van der Waals surface area contributed by atoms with Gasteiger partial charge in [0.1, 0.15) is 19.0 Å². The maximum atomic E-state index is 11.9. The van der Waals surface area contributed by atoms with Gasteiger partial charge < -0.3 is 4.74 Å². The minimum Gasteiger partial charge on any atom is -0.459 e. The highest BCUT2D eigenvalue weighted by Gasteiger charge is 2.30. The zero-order valence-electron chi connectivity index (χ0n) is 12.5. The van der Waals surface area contributed by atoms with E-state index < -0.39 is 20.9 Å². The summed E-state index contributed by atoms with van der Waals surface area (Å²) in [5.41, 5.74) is 0.897. The van der Waals surface area contributed by atoms with Crippen molar-refractivity contribution < 1.29 is 22.9 Å². The molecule has 3 rings (SSSR count). The van der Waals surface area contributed by atoms with Crippen LogP contribution in [-0.2, 0) is 26.2 Å². The number of carbonyl (C=O) groups excluding carboxylic acids is 1. The molecular weight excluding hydrogens is 370 g/mol. The third kappa shape index (κ3) is 3.67. The number of sulfonamides is 1. The van der Waals surface area contributed by atoms with E-state index in [-0.39, 0.29) is 28.9 Å². The first-order chi connectivity index (χ1) is 11.9. The molecule has 2 aromatic rings. The minimum absolute atomic E-state index is 0.0386. The molecule has 0 radical (unpaired) electrons. The van der Waals surface area contributed by atoms with E-state index in [1.165, 1.54) is 17.5 Å². The molecule has 0 aliphatic carbocycles. The number of fused-ring (bicyclic) bond motifs is 1. The Balaban J connectivity index is 1.62. The average Bonchev–Trinajstić information content (AvgIpc) is 3.15. The second-order valence-electron chi connectivity index (χ2n) is 4.98. The molecule has 25 heavy (non-hydrogen) atoms. The summed E-state index contributed by atoms with van der Waals surface area (Å²) >= 11 is 0.940. The molecule has 1 N–H and O–H groups in total. The van der Waals surface area contributed by atoms with Gasteiger partial charge in [0.2, 0.25) is 0 Å². The molecule has 1 aromatic carbocycles. The van der Waals surface area contributed by atoms with Crippen LogP contribution in [-0.4, -0.2) is 31.7 Å². The van der Waals surface area contributed by atoms with Gasteiger partial charge in [0.25, 0.3) is 10.0 Å². The Labute approximate surface area is 146 Å². The standard InChI is InChI=1S/C14H11N3O6S2/c18-13(23-7-9-5-12(17(19)20)24-8-9)6-15-14-10-3-1-2-4-11(10)25(21,22)16-14/h1-5,8H,6-7H2,(H,15,16). The third-order valence-corrected chi connectivity index (χ3v) is 5.57. The molecule has 1 aliphatic rings. The van der Waals surface area contributed by atoms with Crippen molar-refractivity contribution >= 4 is 38.2 Å². The number of benzene rings is 1. The first-order valence-electron chi connectivity index (χ1n) is 6.91. The summed E-state index contributed by atoms with van der Waals surface area (Å²) in [7, 11) is -3.66. The summed E-state index contributed by atoms with van der Waals surface area (Å²) in [6, 6.07) is 7.61. The maximum Gasteiger partial charge on any atom is 0.328 e. The van der Waals surface area contributed by atoms with E-state index in [1.54, 1.807) is 18.2 Å². The lowest BCUT2D eigenvalue weighted by Gasteiger charge is -2.02. The van der Waals surface area contributed by atoms with Gasteiger partial charge in [-0.05, 0) is 12.1 Å². The Morgan fingerprint density at radius 2 is 2.12 bits per heavy atom. The molecule has 9 nitrogen and oxygen atoms in total. The second kappa shape index (κ2) is 6.61. The van der Waals surface area contributed by atoms with Gasteiger partial charge in [-0.2, -0.15) is 0 Å². The van der Waals surface area contributed by atoms with Crippen molar-refractivity contribution in [1.29, 1.82) is 0 Å². The predicted molar refractivity (Wildman–Crippen MR) is 88.9 cm³/mol. The van der Waals surface area contributed by atoms with Gasteiger partial charge in [0.05, 0.1) is 9.82 Å². The van der Waals surface area contributed by atoms with Crippen LogP contribution in [0.15, 0.2) is 45.6 Å². The summed E-state index contributed by atoms with van der Waals surface area (Å²) in [5.74, 6) is -0.594. The lowest BCUT2D eigenvalue weighted by Crippen LogP contribution is -2.23. The first-order valence-corrected chi connectivity index (χ1v) is 9.27. The third-order valence-electron chi connectivity index (χ3n) is 3.25. The van der Waals surface area contributed by atoms with Crippen LogP contribution >= 0.6 is 11.3 Å². The molecule has 0 saturated carbocycles. The van der Waals surface area contributed by atoms with Crippen LogP contribution in [0.4, 0.5) is 5.00 Å². The van der Waals surface area contributed by atoms with Gasteiger partial charge in [0.15, 0.2) is 0 Å². The number of rotatable bonds is 5. The molecule has 0 atom stereocenters. The lowest BCUT2D eigenvalue weighted by molar-refractivity contribution is -0.380. The highest BCUT2D eigenvalue weighted by Crippen LogP contribution is 2.23. The molecule has 0 unspecified atom stereocenters. The van der Waals surface area contributed by atoms with Gasteiger partial charge in [-0.15, -0.1) is 0 Å². The van der Waals surface area contributed by atoms with Crippen molar-refractivity contribution in [1.82, 2.24) is 4.72 Å². The van der Waals surface area contributed by atoms with Crippen LogP contribution in [0.1, 0.15) is 11.1 Å². The molecule has 0 saturated heterocycles. The number of amidine groups is 1. The van der Waals surface area contributed by atoms with E-state index in [9.17, 15) is 23.3 Å². The Morgan fingerprint density at radius 3 is 2.84 bits per heavy atom. The highest BCUT2D eigenvalue weighted by atomic mass is 32.2. The van der Waals surface area contributed by atoms with E-state index in [0.717, 1.165) is 11.3 Å². The van der Waals surface area contributed by atoms with Crippen LogP contribution < -0.4 is 4.72 Å². The van der Waals surface area contributed by atoms with Crippen molar-refractivity contribution in [3.05, 3.63) is 57.0 Å². The second-order valence-corrected chi connectivity index (χ2v) is 7.52. The van der Waals surface area contributed by atoms with Gasteiger partial charge in [-0.25, -0.2) is 8.42 Å². The smallest absolute Gasteiger partial charge is 0.328 e. The number of nitro groups is 1. The fourth-order valence-electron chi connectivity index (χ4n) is 2.14. The van der Waals surface area contributed by atoms with E-state index in [0.29, 0.717) is 11.1 Å². The Hall–Kier alpha value is -2.79. The molecule has 2 heterocycles. The zero-order valence-corrected chi connectivity index (χ0v) is 14.2. The van der Waals surface area contributed by atoms with Crippen LogP contribution in [0.3, 0.4) is 0 Å². The fraction of sp³-hybridized carbons (Fsp3) is 0.143. The highest BCUT2D eigenvalue weighted by molar-refractivity contribution is 7.90. The van der Waals surface area contributed by atoms with E-state index in [4.69, 9.17) is 4.74 Å². The monoisotopic (exact) mass is 381 g/mol. The van der Waals surface area contributed by atoms with Gasteiger partial charge in [-0.1, -0.05) is 23.5 Å². The Bertz CT molecular complexity index is 980. The van der Waals surface area contributed by atoms with E-state index in [2.05, 4.69) is 9.71 Å². The summed E-state index contributed by atoms with van der Waals surface area (Å²) in [6.07, 6.45) is 0. The predicted octanol–water partition coefficient (Wildman–Crippen LogP) is 1.44. The van der Waals surface area contributed by atoms with Crippen molar-refractivity contribution in [3.8, 4) is 0 Å². The van der Waals surface area contributed by atoms with Crippen molar-refractivity contribution in [2.24, 2.45) is 4.99 Å². The van der Waals surface area contributed by atoms with Crippen LogP contribution in [0.2, 0.25) is 0 Å². The molecule has 130 valence electrons. The van der Waals surface area contributed by atoms with E-state index >= 15 is 0 Å². The van der Waals surface area contributed by atoms with Gasteiger partial charge in [0, 0.05) is 22.6 Å². The largest absolute Gasteiger partial charge is 0.459 e. The van der Waals surface area contributed by atoms with Crippen LogP contribution in [0, 0.1) is 10.1 Å². The van der Waals surface area contributed by atoms with Crippen LogP contribution in [0.25, 0.3) is 0 Å². The topological polar surface area (TPSA) is 128 Å². The van der Waals surface area contributed by atoms with Gasteiger partial charge >= 0.3 is 11.0 Å². The summed E-state index contributed by atoms with van der Waals surface area (Å²) < 4.78 is 31.1. The SMILES string of the molecule is O=C(CN=C1NS(=O)(=O)c2ccccc21)OCc1csc([N+](=O)[O-])c1.